The highest BCUT2D eigenvalue weighted by molar-refractivity contribution is 6.00. The molecule has 0 aromatic heterocycles. The van der Waals surface area contributed by atoms with Crippen LogP contribution in [-0.4, -0.2) is 11.1 Å². The fourth-order valence-electron chi connectivity index (χ4n) is 3.60. The van der Waals surface area contributed by atoms with E-state index in [0.717, 1.165) is 22.4 Å². The molecular weight excluding hydrogens is 348 g/mol. The maximum atomic E-state index is 12.3. The monoisotopic (exact) mass is 372 g/mol. The first-order valence-corrected chi connectivity index (χ1v) is 9.42. The minimum Gasteiger partial charge on any atom is -0.478 e. The Morgan fingerprint density at radius 1 is 1.14 bits per heavy atom. The van der Waals surface area contributed by atoms with Gasteiger partial charge in [-0.15, -0.1) is 0 Å². The first-order valence-electron chi connectivity index (χ1n) is 9.42. The lowest BCUT2D eigenvalue weighted by atomic mass is 9.78. The van der Waals surface area contributed by atoms with Crippen LogP contribution in [0.1, 0.15) is 42.9 Å². The van der Waals surface area contributed by atoms with Gasteiger partial charge in [0.2, 0.25) is 0 Å². The van der Waals surface area contributed by atoms with Crippen LogP contribution in [0, 0.1) is 24.2 Å². The summed E-state index contributed by atoms with van der Waals surface area (Å²) in [5, 5.41) is 23.4. The van der Waals surface area contributed by atoms with Gasteiger partial charge in [0.25, 0.3) is 0 Å². The van der Waals surface area contributed by atoms with Gasteiger partial charge < -0.3 is 10.4 Å². The molecular formula is C24H24N2O2. The molecule has 0 saturated heterocycles. The number of carboxylic acids is 1. The normalized spacial score (nSPS) is 16.8. The summed E-state index contributed by atoms with van der Waals surface area (Å²) < 4.78 is 0. The Morgan fingerprint density at radius 3 is 2.32 bits per heavy atom. The van der Waals surface area contributed by atoms with Crippen LogP contribution in [-0.2, 0) is 4.79 Å². The quantitative estimate of drug-likeness (QED) is 0.774. The highest BCUT2D eigenvalue weighted by atomic mass is 16.4. The molecule has 0 spiro atoms. The minimum absolute atomic E-state index is 0.208. The Kier molecular flexibility index (Phi) is 5.65. The molecule has 0 fully saturated rings. The van der Waals surface area contributed by atoms with Gasteiger partial charge in [0, 0.05) is 5.70 Å². The van der Waals surface area contributed by atoms with Crippen molar-refractivity contribution in [2.75, 3.05) is 0 Å². The second-order valence-electron chi connectivity index (χ2n) is 7.53. The summed E-state index contributed by atoms with van der Waals surface area (Å²) in [6, 6.07) is 19.5. The van der Waals surface area contributed by atoms with E-state index in [4.69, 9.17) is 0 Å². The fourth-order valence-corrected chi connectivity index (χ4v) is 3.60. The lowest BCUT2D eigenvalue weighted by Crippen LogP contribution is -2.29. The Bertz CT molecular complexity index is 978. The predicted molar refractivity (Wildman–Crippen MR) is 110 cm³/mol. The van der Waals surface area contributed by atoms with Gasteiger partial charge in [-0.25, -0.2) is 4.79 Å². The van der Waals surface area contributed by atoms with E-state index >= 15 is 0 Å². The van der Waals surface area contributed by atoms with Crippen LogP contribution in [0.4, 0.5) is 0 Å². The lowest BCUT2D eigenvalue weighted by molar-refractivity contribution is -0.132. The largest absolute Gasteiger partial charge is 0.478 e. The van der Waals surface area contributed by atoms with Gasteiger partial charge >= 0.3 is 5.97 Å². The second kappa shape index (κ2) is 8.14. The zero-order chi connectivity index (χ0) is 20.3. The topological polar surface area (TPSA) is 73.1 Å². The van der Waals surface area contributed by atoms with Gasteiger partial charge in [-0.3, -0.25) is 0 Å². The molecule has 0 saturated carbocycles. The van der Waals surface area contributed by atoms with Crippen LogP contribution < -0.4 is 5.32 Å². The van der Waals surface area contributed by atoms with Crippen molar-refractivity contribution in [3.63, 3.8) is 0 Å². The minimum atomic E-state index is -1.02. The number of aryl methyl sites for hydroxylation is 1. The maximum absolute atomic E-state index is 12.3. The SMILES string of the molecule is Cc1ccc(C2C(C#N)=C(CC(C)C)NC(c3ccccc3)=C2C(=O)O)cc1. The molecule has 2 N–H and O–H groups in total. The highest BCUT2D eigenvalue weighted by Crippen LogP contribution is 2.41. The first-order chi connectivity index (χ1) is 13.4. The molecule has 0 amide bonds. The standard InChI is InChI=1S/C24H24N2O2/c1-15(2)13-20-19(14-25)21(17-11-9-16(3)10-12-17)22(24(27)28)23(26-20)18-7-5-4-6-8-18/h4-12,15,21,26H,13H2,1-3H3,(H,27,28). The van der Waals surface area contributed by atoms with Crippen molar-refractivity contribution in [2.24, 2.45) is 5.92 Å². The lowest BCUT2D eigenvalue weighted by Gasteiger charge is -2.31. The van der Waals surface area contributed by atoms with Gasteiger partial charge in [0.15, 0.2) is 0 Å². The molecule has 1 unspecified atom stereocenters. The van der Waals surface area contributed by atoms with Crippen LogP contribution in [0.15, 0.2) is 71.4 Å². The van der Waals surface area contributed by atoms with E-state index in [9.17, 15) is 15.2 Å². The van der Waals surface area contributed by atoms with Crippen LogP contribution in [0.2, 0.25) is 0 Å². The summed E-state index contributed by atoms with van der Waals surface area (Å²) in [4.78, 5) is 12.3. The third-order valence-corrected chi connectivity index (χ3v) is 4.88. The molecule has 4 nitrogen and oxygen atoms in total. The molecule has 28 heavy (non-hydrogen) atoms. The van der Waals surface area contributed by atoms with Crippen LogP contribution >= 0.6 is 0 Å². The zero-order valence-corrected chi connectivity index (χ0v) is 16.4. The summed E-state index contributed by atoms with van der Waals surface area (Å²) in [6.07, 6.45) is 0.675. The van der Waals surface area contributed by atoms with Crippen LogP contribution in [0.3, 0.4) is 0 Å². The van der Waals surface area contributed by atoms with Crippen LogP contribution in [0.25, 0.3) is 5.70 Å². The van der Waals surface area contributed by atoms with E-state index in [1.807, 2.05) is 61.5 Å². The number of nitrogens with one attached hydrogen (secondary N) is 1. The molecule has 0 bridgehead atoms. The van der Waals surface area contributed by atoms with Gasteiger partial charge in [0.05, 0.1) is 28.8 Å². The van der Waals surface area contributed by atoms with Crippen molar-refractivity contribution in [1.29, 1.82) is 5.26 Å². The van der Waals surface area contributed by atoms with E-state index in [1.165, 1.54) is 0 Å². The Morgan fingerprint density at radius 2 is 1.79 bits per heavy atom. The van der Waals surface area contributed by atoms with Crippen LogP contribution in [0.5, 0.6) is 0 Å². The van der Waals surface area contributed by atoms with Crippen molar-refractivity contribution in [3.05, 3.63) is 88.1 Å². The van der Waals surface area contributed by atoms with E-state index in [0.29, 0.717) is 23.6 Å². The van der Waals surface area contributed by atoms with Gasteiger partial charge in [-0.2, -0.15) is 5.26 Å². The smallest absolute Gasteiger partial charge is 0.334 e. The number of benzene rings is 2. The van der Waals surface area contributed by atoms with E-state index in [1.54, 1.807) is 0 Å². The fraction of sp³-hybridized carbons (Fsp3) is 0.250. The Balaban J connectivity index is 2.28. The summed E-state index contributed by atoms with van der Waals surface area (Å²) >= 11 is 0. The summed E-state index contributed by atoms with van der Waals surface area (Å²) in [5.74, 6) is -1.30. The number of carboxylic acid groups (broad SMARTS) is 1. The Hall–Kier alpha value is -3.32. The van der Waals surface area contributed by atoms with Crippen molar-refractivity contribution in [1.82, 2.24) is 5.32 Å². The number of allylic oxidation sites excluding steroid dienone is 2. The third-order valence-electron chi connectivity index (χ3n) is 4.88. The molecule has 2 aromatic rings. The number of hydrogen-bond donors (Lipinski definition) is 2. The second-order valence-corrected chi connectivity index (χ2v) is 7.53. The summed E-state index contributed by atoms with van der Waals surface area (Å²) in [7, 11) is 0. The molecule has 1 aliphatic heterocycles. The average Bonchev–Trinajstić information content (AvgIpc) is 2.67. The van der Waals surface area contributed by atoms with Gasteiger partial charge in [-0.05, 0) is 30.4 Å². The number of carbonyl (C=O) groups is 1. The maximum Gasteiger partial charge on any atom is 0.334 e. The summed E-state index contributed by atoms with van der Waals surface area (Å²) in [6.45, 7) is 6.16. The number of hydrogen-bond acceptors (Lipinski definition) is 3. The number of nitriles is 1. The average molecular weight is 372 g/mol. The molecule has 1 atom stereocenters. The van der Waals surface area contributed by atoms with Crippen molar-refractivity contribution >= 4 is 11.7 Å². The van der Waals surface area contributed by atoms with E-state index in [2.05, 4.69) is 25.2 Å². The van der Waals surface area contributed by atoms with Crippen molar-refractivity contribution < 1.29 is 9.90 Å². The van der Waals surface area contributed by atoms with E-state index in [-0.39, 0.29) is 5.57 Å². The third kappa shape index (κ3) is 3.84. The molecule has 1 heterocycles. The molecule has 3 rings (SSSR count). The van der Waals surface area contributed by atoms with Gasteiger partial charge in [-0.1, -0.05) is 74.0 Å². The predicted octanol–water partition coefficient (Wildman–Crippen LogP) is 5.00. The molecule has 0 aliphatic carbocycles. The number of aliphatic carboxylic acids is 1. The Labute approximate surface area is 165 Å². The molecule has 142 valence electrons. The van der Waals surface area contributed by atoms with Gasteiger partial charge in [0.1, 0.15) is 0 Å². The zero-order valence-electron chi connectivity index (χ0n) is 16.4. The number of dihydropyridines is 1. The molecule has 2 aromatic carbocycles. The van der Waals surface area contributed by atoms with Crippen molar-refractivity contribution in [3.8, 4) is 6.07 Å². The number of rotatable bonds is 5. The first kappa shape index (κ1) is 19.4. The molecule has 1 aliphatic rings. The number of nitrogens with zero attached hydrogens (tertiary/aromatic N) is 1. The van der Waals surface area contributed by atoms with E-state index < -0.39 is 11.9 Å². The van der Waals surface area contributed by atoms with Crippen molar-refractivity contribution in [2.45, 2.75) is 33.1 Å². The molecule has 0 radical (unpaired) electrons. The highest BCUT2D eigenvalue weighted by Gasteiger charge is 2.36. The summed E-state index contributed by atoms with van der Waals surface area (Å²) in [5.41, 5.74) is 4.76. The molecule has 4 heteroatoms.